The lowest BCUT2D eigenvalue weighted by Crippen LogP contribution is -2.19. The number of nitrogens with one attached hydrogen (secondary N) is 1. The minimum absolute atomic E-state index is 0.587. The fourth-order valence-electron chi connectivity index (χ4n) is 2.92. The molecule has 1 heterocycles. The third-order valence-corrected chi connectivity index (χ3v) is 5.17. The number of rotatable bonds is 14. The Kier molecular flexibility index (Phi) is 11.9. The van der Waals surface area contributed by atoms with Crippen LogP contribution in [-0.4, -0.2) is 6.54 Å². The predicted molar refractivity (Wildman–Crippen MR) is 97.2 cm³/mol. The quantitative estimate of drug-likeness (QED) is 0.377. The lowest BCUT2D eigenvalue weighted by atomic mass is 10.0. The Morgan fingerprint density at radius 2 is 1.52 bits per heavy atom. The van der Waals surface area contributed by atoms with E-state index in [1.54, 1.807) is 0 Å². The molecule has 0 aromatic carbocycles. The normalized spacial score (nSPS) is 12.7. The van der Waals surface area contributed by atoms with Crippen LogP contribution in [0.5, 0.6) is 0 Å². The van der Waals surface area contributed by atoms with E-state index in [-0.39, 0.29) is 0 Å². The summed E-state index contributed by atoms with van der Waals surface area (Å²) in [5.41, 5.74) is 0. The number of hydrogen-bond acceptors (Lipinski definition) is 2. The predicted octanol–water partition coefficient (Wildman–Crippen LogP) is 6.71. The summed E-state index contributed by atoms with van der Waals surface area (Å²) in [5, 5.41) is 5.82. The van der Waals surface area contributed by atoms with Gasteiger partial charge in [-0.3, -0.25) is 0 Å². The van der Waals surface area contributed by atoms with Gasteiger partial charge in [0.05, 0.1) is 0 Å². The van der Waals surface area contributed by atoms with E-state index in [1.807, 2.05) is 11.3 Å². The summed E-state index contributed by atoms with van der Waals surface area (Å²) in [6, 6.07) is 5.03. The first-order valence-corrected chi connectivity index (χ1v) is 10.0. The van der Waals surface area contributed by atoms with E-state index in [9.17, 15) is 0 Å². The van der Waals surface area contributed by atoms with Crippen molar-refractivity contribution in [2.45, 2.75) is 90.5 Å². The highest BCUT2D eigenvalue weighted by molar-refractivity contribution is 7.10. The highest BCUT2D eigenvalue weighted by atomic mass is 32.1. The lowest BCUT2D eigenvalue weighted by Gasteiger charge is -2.16. The third-order valence-electron chi connectivity index (χ3n) is 4.18. The molecule has 1 rings (SSSR count). The van der Waals surface area contributed by atoms with Gasteiger partial charge in [-0.2, -0.15) is 0 Å². The second-order valence-corrected chi connectivity index (χ2v) is 7.08. The first-order chi connectivity index (χ1) is 10.4. The van der Waals surface area contributed by atoms with Crippen LogP contribution >= 0.6 is 11.3 Å². The van der Waals surface area contributed by atoms with Crippen molar-refractivity contribution in [3.8, 4) is 0 Å². The van der Waals surface area contributed by atoms with Crippen molar-refractivity contribution in [2.75, 3.05) is 6.54 Å². The number of hydrogen-bond donors (Lipinski definition) is 1. The van der Waals surface area contributed by atoms with Crippen molar-refractivity contribution < 1.29 is 0 Å². The standard InChI is InChI=1S/C19H35NS/c1-3-5-6-7-8-9-10-11-12-13-15-18(20-4-2)19-16-14-17-21-19/h14,16-18,20H,3-13,15H2,1-2H3. The van der Waals surface area contributed by atoms with Crippen molar-refractivity contribution in [1.82, 2.24) is 5.32 Å². The molecular formula is C19H35NS. The molecule has 21 heavy (non-hydrogen) atoms. The number of unbranched alkanes of at least 4 members (excludes halogenated alkanes) is 9. The maximum atomic E-state index is 3.63. The molecule has 0 fully saturated rings. The van der Waals surface area contributed by atoms with Crippen LogP contribution in [-0.2, 0) is 0 Å². The molecule has 0 saturated heterocycles. The molecular weight excluding hydrogens is 274 g/mol. The first-order valence-electron chi connectivity index (χ1n) is 9.15. The minimum atomic E-state index is 0.587. The molecule has 1 atom stereocenters. The summed E-state index contributed by atoms with van der Waals surface area (Å²) in [4.78, 5) is 1.51. The second-order valence-electron chi connectivity index (χ2n) is 6.10. The smallest absolute Gasteiger partial charge is 0.0414 e. The van der Waals surface area contributed by atoms with Gasteiger partial charge in [-0.25, -0.2) is 0 Å². The highest BCUT2D eigenvalue weighted by Crippen LogP contribution is 2.24. The Labute approximate surface area is 136 Å². The Morgan fingerprint density at radius 1 is 0.905 bits per heavy atom. The van der Waals surface area contributed by atoms with Crippen LogP contribution in [0.1, 0.15) is 95.4 Å². The monoisotopic (exact) mass is 309 g/mol. The summed E-state index contributed by atoms with van der Waals surface area (Å²) in [7, 11) is 0. The zero-order valence-corrected chi connectivity index (χ0v) is 15.0. The molecule has 0 spiro atoms. The molecule has 0 amide bonds. The number of thiophene rings is 1. The molecule has 1 aromatic rings. The minimum Gasteiger partial charge on any atom is -0.310 e. The lowest BCUT2D eigenvalue weighted by molar-refractivity contribution is 0.479. The molecule has 0 aliphatic carbocycles. The topological polar surface area (TPSA) is 12.0 Å². The zero-order valence-electron chi connectivity index (χ0n) is 14.2. The van der Waals surface area contributed by atoms with Crippen LogP contribution in [0, 0.1) is 0 Å². The van der Waals surface area contributed by atoms with E-state index in [4.69, 9.17) is 0 Å². The van der Waals surface area contributed by atoms with Gasteiger partial charge in [-0.15, -0.1) is 11.3 Å². The van der Waals surface area contributed by atoms with Gasteiger partial charge in [0.15, 0.2) is 0 Å². The van der Waals surface area contributed by atoms with Gasteiger partial charge in [-0.05, 0) is 24.4 Å². The van der Waals surface area contributed by atoms with E-state index in [0.717, 1.165) is 6.54 Å². The Morgan fingerprint density at radius 3 is 2.05 bits per heavy atom. The Balaban J connectivity index is 1.97. The SMILES string of the molecule is CCCCCCCCCCCCC(NCC)c1cccs1. The summed E-state index contributed by atoms with van der Waals surface area (Å²) < 4.78 is 0. The third kappa shape index (κ3) is 9.31. The van der Waals surface area contributed by atoms with Gasteiger partial charge in [0.2, 0.25) is 0 Å². The van der Waals surface area contributed by atoms with Crippen molar-refractivity contribution >= 4 is 11.3 Å². The molecule has 0 aliphatic rings. The summed E-state index contributed by atoms with van der Waals surface area (Å²) in [6.07, 6.45) is 15.5. The van der Waals surface area contributed by atoms with E-state index in [0.29, 0.717) is 6.04 Å². The molecule has 1 aromatic heterocycles. The van der Waals surface area contributed by atoms with Crippen LogP contribution in [0.25, 0.3) is 0 Å². The van der Waals surface area contributed by atoms with Crippen LogP contribution in [0.4, 0.5) is 0 Å². The van der Waals surface area contributed by atoms with Gasteiger partial charge in [0, 0.05) is 10.9 Å². The average molecular weight is 310 g/mol. The van der Waals surface area contributed by atoms with Crippen LogP contribution in [0.15, 0.2) is 17.5 Å². The van der Waals surface area contributed by atoms with Crippen LogP contribution < -0.4 is 5.32 Å². The average Bonchev–Trinajstić information content (AvgIpc) is 3.02. The molecule has 1 unspecified atom stereocenters. The van der Waals surface area contributed by atoms with Gasteiger partial charge in [0.25, 0.3) is 0 Å². The van der Waals surface area contributed by atoms with Crippen LogP contribution in [0.2, 0.25) is 0 Å². The Hall–Kier alpha value is -0.340. The van der Waals surface area contributed by atoms with Crippen molar-refractivity contribution in [1.29, 1.82) is 0 Å². The van der Waals surface area contributed by atoms with E-state index in [2.05, 4.69) is 36.7 Å². The molecule has 0 aliphatic heterocycles. The van der Waals surface area contributed by atoms with E-state index < -0.39 is 0 Å². The molecule has 0 radical (unpaired) electrons. The molecule has 1 N–H and O–H groups in total. The zero-order chi connectivity index (χ0) is 15.2. The largest absolute Gasteiger partial charge is 0.310 e. The molecule has 1 nitrogen and oxygen atoms in total. The van der Waals surface area contributed by atoms with Gasteiger partial charge < -0.3 is 5.32 Å². The summed E-state index contributed by atoms with van der Waals surface area (Å²) in [5.74, 6) is 0. The fraction of sp³-hybridized carbons (Fsp3) is 0.789. The highest BCUT2D eigenvalue weighted by Gasteiger charge is 2.10. The summed E-state index contributed by atoms with van der Waals surface area (Å²) >= 11 is 1.89. The maximum Gasteiger partial charge on any atom is 0.0414 e. The molecule has 0 bridgehead atoms. The molecule has 2 heteroatoms. The van der Waals surface area contributed by atoms with Crippen LogP contribution in [0.3, 0.4) is 0 Å². The van der Waals surface area contributed by atoms with Gasteiger partial charge in [-0.1, -0.05) is 84.1 Å². The maximum absolute atomic E-state index is 3.63. The van der Waals surface area contributed by atoms with Gasteiger partial charge >= 0.3 is 0 Å². The van der Waals surface area contributed by atoms with E-state index >= 15 is 0 Å². The molecule has 122 valence electrons. The first kappa shape index (κ1) is 18.7. The van der Waals surface area contributed by atoms with E-state index in [1.165, 1.54) is 75.5 Å². The summed E-state index contributed by atoms with van der Waals surface area (Å²) in [6.45, 7) is 5.57. The van der Waals surface area contributed by atoms with Crippen molar-refractivity contribution in [2.24, 2.45) is 0 Å². The second kappa shape index (κ2) is 13.3. The van der Waals surface area contributed by atoms with Gasteiger partial charge in [0.1, 0.15) is 0 Å². The fourth-order valence-corrected chi connectivity index (χ4v) is 3.75. The van der Waals surface area contributed by atoms with Crippen molar-refractivity contribution in [3.63, 3.8) is 0 Å². The Bertz CT molecular complexity index is 307. The molecule has 0 saturated carbocycles. The van der Waals surface area contributed by atoms with Crippen molar-refractivity contribution in [3.05, 3.63) is 22.4 Å².